The molecule has 0 saturated heterocycles. The minimum atomic E-state index is -0.113. The fourth-order valence-electron chi connectivity index (χ4n) is 7.34. The molecule has 1 fully saturated rings. The van der Waals surface area contributed by atoms with Crippen molar-refractivity contribution in [3.63, 3.8) is 0 Å². The molecule has 1 aliphatic heterocycles. The van der Waals surface area contributed by atoms with E-state index in [0.717, 1.165) is 29.6 Å². The molecule has 3 aromatic carbocycles. The van der Waals surface area contributed by atoms with Gasteiger partial charge in [0.2, 0.25) is 11.1 Å². The molecule has 3 unspecified atom stereocenters. The largest absolute Gasteiger partial charge is 0.241 e. The summed E-state index contributed by atoms with van der Waals surface area (Å²) in [6.07, 6.45) is 4.46. The van der Waals surface area contributed by atoms with Crippen LogP contribution < -0.4 is 4.57 Å². The van der Waals surface area contributed by atoms with Crippen molar-refractivity contribution >= 4 is 32.6 Å². The molecule has 6 rings (SSSR count). The minimum absolute atomic E-state index is 0.0154. The maximum absolute atomic E-state index is 5.09. The summed E-state index contributed by atoms with van der Waals surface area (Å²) in [4.78, 5) is 5.09. The van der Waals surface area contributed by atoms with Crippen LogP contribution >= 0.6 is 0 Å². The number of aromatic nitrogens is 2. The molecule has 0 N–H and O–H groups in total. The van der Waals surface area contributed by atoms with E-state index < -0.39 is 0 Å². The predicted octanol–water partition coefficient (Wildman–Crippen LogP) is 6.76. The van der Waals surface area contributed by atoms with E-state index >= 15 is 0 Å². The Hall–Kier alpha value is -3.00. The van der Waals surface area contributed by atoms with Crippen molar-refractivity contribution in [2.75, 3.05) is 0 Å². The monoisotopic (exact) mass is 405 g/mol. The van der Waals surface area contributed by atoms with E-state index in [4.69, 9.17) is 4.98 Å². The molecular formula is C29H29N2+. The van der Waals surface area contributed by atoms with Crippen LogP contribution in [0.3, 0.4) is 0 Å². The van der Waals surface area contributed by atoms with E-state index in [1.165, 1.54) is 38.2 Å². The summed E-state index contributed by atoms with van der Waals surface area (Å²) in [6.45, 7) is 17.8. The highest BCUT2D eigenvalue weighted by Crippen LogP contribution is 2.76. The molecule has 31 heavy (non-hydrogen) atoms. The third-order valence-corrected chi connectivity index (χ3v) is 8.35. The van der Waals surface area contributed by atoms with Crippen molar-refractivity contribution in [2.45, 2.75) is 46.1 Å². The highest BCUT2D eigenvalue weighted by atomic mass is 15.2. The molecule has 0 amide bonds. The second-order valence-corrected chi connectivity index (χ2v) is 9.53. The molecular weight excluding hydrogens is 376 g/mol. The number of benzene rings is 3. The summed E-state index contributed by atoms with van der Waals surface area (Å²) in [5.74, 6) is 0.491. The van der Waals surface area contributed by atoms with Gasteiger partial charge in [0, 0.05) is 16.9 Å². The molecule has 1 aliphatic carbocycles. The van der Waals surface area contributed by atoms with Crippen molar-refractivity contribution in [2.24, 2.45) is 11.3 Å². The van der Waals surface area contributed by atoms with Gasteiger partial charge in [-0.25, -0.2) is 4.98 Å². The van der Waals surface area contributed by atoms with Crippen LogP contribution in [-0.4, -0.2) is 4.98 Å². The van der Waals surface area contributed by atoms with Crippen LogP contribution in [0.15, 0.2) is 73.0 Å². The molecule has 2 nitrogen and oxygen atoms in total. The Morgan fingerprint density at radius 2 is 1.74 bits per heavy atom. The van der Waals surface area contributed by atoms with Gasteiger partial charge in [-0.15, -0.1) is 0 Å². The average molecular weight is 406 g/mol. The Morgan fingerprint density at radius 1 is 1.03 bits per heavy atom. The Morgan fingerprint density at radius 3 is 2.42 bits per heavy atom. The normalized spacial score (nSPS) is 25.9. The van der Waals surface area contributed by atoms with Crippen LogP contribution in [0, 0.1) is 18.3 Å². The molecule has 1 aromatic heterocycles. The molecule has 0 bridgehead atoms. The highest BCUT2D eigenvalue weighted by Gasteiger charge is 2.85. The van der Waals surface area contributed by atoms with E-state index in [9.17, 15) is 0 Å². The summed E-state index contributed by atoms with van der Waals surface area (Å²) in [7, 11) is 0. The molecule has 2 aliphatic rings. The van der Waals surface area contributed by atoms with Gasteiger partial charge in [-0.3, -0.25) is 0 Å². The van der Waals surface area contributed by atoms with Gasteiger partial charge in [-0.1, -0.05) is 75.0 Å². The van der Waals surface area contributed by atoms with Crippen molar-refractivity contribution < 1.29 is 4.57 Å². The zero-order chi connectivity index (χ0) is 21.7. The quantitative estimate of drug-likeness (QED) is 0.208. The lowest BCUT2D eigenvalue weighted by Gasteiger charge is -2.22. The lowest BCUT2D eigenvalue weighted by Crippen LogP contribution is -2.49. The van der Waals surface area contributed by atoms with Gasteiger partial charge in [0.05, 0.1) is 10.8 Å². The first-order valence-electron chi connectivity index (χ1n) is 11.5. The lowest BCUT2D eigenvalue weighted by atomic mass is 9.81. The second-order valence-electron chi connectivity index (χ2n) is 9.53. The molecule has 3 atom stereocenters. The van der Waals surface area contributed by atoms with Crippen molar-refractivity contribution in [1.29, 1.82) is 0 Å². The number of hydrogen-bond donors (Lipinski definition) is 0. The summed E-state index contributed by atoms with van der Waals surface area (Å²) in [5, 5.41) is 5.26. The van der Waals surface area contributed by atoms with Gasteiger partial charge in [0.15, 0.2) is 6.20 Å². The van der Waals surface area contributed by atoms with Crippen molar-refractivity contribution in [3.05, 3.63) is 84.2 Å². The Bertz CT molecular complexity index is 1480. The van der Waals surface area contributed by atoms with E-state index in [1.54, 1.807) is 0 Å². The van der Waals surface area contributed by atoms with Gasteiger partial charge in [-0.05, 0) is 43.0 Å². The molecule has 2 heteroatoms. The van der Waals surface area contributed by atoms with Crippen LogP contribution in [-0.2, 0) is 5.54 Å². The fourth-order valence-corrected chi connectivity index (χ4v) is 7.34. The van der Waals surface area contributed by atoms with E-state index in [1.807, 2.05) is 0 Å². The first-order chi connectivity index (χ1) is 14.9. The number of rotatable bonds is 4. The average Bonchev–Trinajstić information content (AvgIpc) is 3.29. The maximum atomic E-state index is 5.09. The third-order valence-electron chi connectivity index (χ3n) is 8.35. The Labute approximate surface area is 183 Å². The number of nitrogens with zero attached hydrogens (tertiary/aromatic N) is 2. The fraction of sp³-hybridized carbons (Fsp3) is 0.310. The summed E-state index contributed by atoms with van der Waals surface area (Å²) >= 11 is 0. The highest BCUT2D eigenvalue weighted by molar-refractivity contribution is 6.24. The lowest BCUT2D eigenvalue weighted by molar-refractivity contribution is -0.709. The number of allylic oxidation sites excluding steroid dienone is 2. The van der Waals surface area contributed by atoms with E-state index in [2.05, 4.69) is 94.1 Å². The third kappa shape index (κ3) is 1.83. The van der Waals surface area contributed by atoms with Crippen LogP contribution in [0.25, 0.3) is 32.6 Å². The first-order valence-corrected chi connectivity index (χ1v) is 11.5. The van der Waals surface area contributed by atoms with Crippen LogP contribution in [0.5, 0.6) is 0 Å². The predicted molar refractivity (Wildman–Crippen MR) is 129 cm³/mol. The van der Waals surface area contributed by atoms with Gasteiger partial charge in [0.1, 0.15) is 11.2 Å². The van der Waals surface area contributed by atoms with Gasteiger partial charge < -0.3 is 0 Å². The van der Waals surface area contributed by atoms with E-state index in [-0.39, 0.29) is 11.0 Å². The first kappa shape index (κ1) is 18.7. The van der Waals surface area contributed by atoms with E-state index in [0.29, 0.717) is 5.92 Å². The summed E-state index contributed by atoms with van der Waals surface area (Å²) in [5.41, 5.74) is 7.12. The Balaban J connectivity index is 1.87. The molecule has 1 spiro atoms. The zero-order valence-electron chi connectivity index (χ0n) is 18.9. The van der Waals surface area contributed by atoms with Crippen molar-refractivity contribution in [1.82, 2.24) is 4.98 Å². The molecule has 0 radical (unpaired) electrons. The topological polar surface area (TPSA) is 16.8 Å². The van der Waals surface area contributed by atoms with Gasteiger partial charge in [-0.2, -0.15) is 4.57 Å². The number of fused-ring (bicyclic) bond motifs is 5. The number of aryl methyl sites for hydroxylation is 1. The molecule has 154 valence electrons. The van der Waals surface area contributed by atoms with Crippen LogP contribution in [0.1, 0.15) is 44.9 Å². The molecule has 1 saturated carbocycles. The smallest absolute Gasteiger partial charge is 0.240 e. The molecule has 2 heterocycles. The zero-order valence-corrected chi connectivity index (χ0v) is 18.9. The van der Waals surface area contributed by atoms with Crippen molar-refractivity contribution in [3.8, 4) is 0 Å². The van der Waals surface area contributed by atoms with Crippen LogP contribution in [0.4, 0.5) is 0 Å². The summed E-state index contributed by atoms with van der Waals surface area (Å²) in [6, 6.07) is 15.6. The SMILES string of the molecule is C=C(C)C(=C)C1(CC)C(CC)C12c1cccc3c4ccccc4c4nc(C)c[n+]2c4c13. The minimum Gasteiger partial charge on any atom is -0.240 e. The standard InChI is InChI=1S/C29H29N2/c1-7-24-28(8-2,19(6)17(3)4)29(24)23-15-11-14-21-20-12-9-10-13-22(20)26-27(25(21)23)31(29)16-18(5)30-26/h9-16,24H,3,6-8H2,1-2,4-5H3/q+1. The maximum Gasteiger partial charge on any atom is 0.241 e. The Kier molecular flexibility index (Phi) is 3.52. The van der Waals surface area contributed by atoms with Gasteiger partial charge >= 0.3 is 0 Å². The molecule has 4 aromatic rings. The van der Waals surface area contributed by atoms with Crippen LogP contribution in [0.2, 0.25) is 0 Å². The van der Waals surface area contributed by atoms with Gasteiger partial charge in [0.25, 0.3) is 0 Å². The number of hydrogen-bond acceptors (Lipinski definition) is 1. The second kappa shape index (κ2) is 5.82. The summed E-state index contributed by atoms with van der Waals surface area (Å²) < 4.78 is 2.60.